The van der Waals surface area contributed by atoms with Crippen LogP contribution in [0.1, 0.15) is 27.7 Å². The Morgan fingerprint density at radius 3 is 2.65 bits per heavy atom. The van der Waals surface area contributed by atoms with Crippen molar-refractivity contribution < 1.29 is 19.1 Å². The number of allylic oxidation sites excluding steroid dienone is 1. The molecule has 20 heavy (non-hydrogen) atoms. The van der Waals surface area contributed by atoms with Crippen molar-refractivity contribution in [2.45, 2.75) is 38.7 Å². The number of carbonyl (C=O) groups excluding carboxylic acids is 3. The first-order valence-corrected chi connectivity index (χ1v) is 7.34. The third-order valence-electron chi connectivity index (χ3n) is 2.91. The van der Waals surface area contributed by atoms with Crippen LogP contribution < -0.4 is 0 Å². The number of rotatable bonds is 2. The molecule has 2 heterocycles. The number of esters is 1. The van der Waals surface area contributed by atoms with Crippen LogP contribution in [0.2, 0.25) is 0 Å². The van der Waals surface area contributed by atoms with Crippen molar-refractivity contribution in [1.82, 2.24) is 4.90 Å². The fraction of sp³-hybridized carbons (Fsp3) is 0.500. The SMILES string of the molecule is CC1=C(C(=O)OC(C)(C)C)N2C(=O)/C(=C\C=O)[C@H]2SC1. The number of hydrogen-bond donors (Lipinski definition) is 0. The van der Waals surface area contributed by atoms with E-state index in [2.05, 4.69) is 0 Å². The highest BCUT2D eigenvalue weighted by Crippen LogP contribution is 2.43. The highest BCUT2D eigenvalue weighted by atomic mass is 32.2. The van der Waals surface area contributed by atoms with Gasteiger partial charge in [-0.3, -0.25) is 14.5 Å². The summed E-state index contributed by atoms with van der Waals surface area (Å²) in [6.45, 7) is 7.17. The molecule has 5 nitrogen and oxygen atoms in total. The first-order valence-electron chi connectivity index (χ1n) is 6.30. The zero-order chi connectivity index (χ0) is 15.1. The van der Waals surface area contributed by atoms with Crippen molar-refractivity contribution in [1.29, 1.82) is 0 Å². The van der Waals surface area contributed by atoms with Crippen molar-refractivity contribution in [2.24, 2.45) is 0 Å². The van der Waals surface area contributed by atoms with E-state index in [1.54, 1.807) is 20.8 Å². The van der Waals surface area contributed by atoms with Crippen LogP contribution in [-0.2, 0) is 19.1 Å². The minimum Gasteiger partial charge on any atom is -0.455 e. The molecule has 0 aromatic heterocycles. The molecule has 1 saturated heterocycles. The first kappa shape index (κ1) is 14.8. The lowest BCUT2D eigenvalue weighted by Gasteiger charge is -2.46. The fourth-order valence-corrected chi connectivity index (χ4v) is 3.36. The van der Waals surface area contributed by atoms with Crippen LogP contribution in [0.4, 0.5) is 0 Å². The van der Waals surface area contributed by atoms with Gasteiger partial charge in [-0.1, -0.05) is 0 Å². The van der Waals surface area contributed by atoms with Crippen LogP contribution in [-0.4, -0.2) is 39.8 Å². The van der Waals surface area contributed by atoms with E-state index < -0.39 is 11.6 Å². The number of hydrogen-bond acceptors (Lipinski definition) is 5. The minimum absolute atomic E-state index is 0.251. The summed E-state index contributed by atoms with van der Waals surface area (Å²) in [5, 5.41) is -0.251. The van der Waals surface area contributed by atoms with E-state index in [-0.39, 0.29) is 11.3 Å². The average Bonchev–Trinajstić information content (AvgIpc) is 2.33. The van der Waals surface area contributed by atoms with Crippen molar-refractivity contribution in [3.05, 3.63) is 22.9 Å². The zero-order valence-corrected chi connectivity index (χ0v) is 12.7. The third kappa shape index (κ3) is 2.52. The van der Waals surface area contributed by atoms with Crippen LogP contribution in [0.3, 0.4) is 0 Å². The Labute approximate surface area is 122 Å². The quantitative estimate of drug-likeness (QED) is 0.335. The van der Waals surface area contributed by atoms with E-state index in [9.17, 15) is 14.4 Å². The Morgan fingerprint density at radius 1 is 1.45 bits per heavy atom. The van der Waals surface area contributed by atoms with Gasteiger partial charge in [0.05, 0.1) is 5.57 Å². The van der Waals surface area contributed by atoms with E-state index in [0.29, 0.717) is 23.3 Å². The van der Waals surface area contributed by atoms with Crippen LogP contribution in [0.15, 0.2) is 22.9 Å². The molecular formula is C14H17NO4S. The summed E-state index contributed by atoms with van der Waals surface area (Å²) in [6.07, 6.45) is 1.87. The molecule has 0 aromatic carbocycles. The zero-order valence-electron chi connectivity index (χ0n) is 11.9. The number of fused-ring (bicyclic) bond motifs is 1. The van der Waals surface area contributed by atoms with Crippen molar-refractivity contribution in [2.75, 3.05) is 5.75 Å². The van der Waals surface area contributed by atoms with Crippen LogP contribution in [0, 0.1) is 0 Å². The standard InChI is InChI=1S/C14H17NO4S/c1-8-7-20-12-9(5-6-16)11(17)15(12)10(8)13(18)19-14(2,3)4/h5-6,12H,7H2,1-4H3/b9-5+/t12-/m1/s1. The van der Waals surface area contributed by atoms with Crippen LogP contribution in [0.5, 0.6) is 0 Å². The van der Waals surface area contributed by atoms with Crippen molar-refractivity contribution in [3.8, 4) is 0 Å². The van der Waals surface area contributed by atoms with Gasteiger partial charge >= 0.3 is 5.97 Å². The molecule has 0 bridgehead atoms. The number of amides is 1. The third-order valence-corrected chi connectivity index (χ3v) is 4.29. The topological polar surface area (TPSA) is 63.7 Å². The predicted octanol–water partition coefficient (Wildman–Crippen LogP) is 1.64. The molecule has 108 valence electrons. The molecule has 0 aromatic rings. The Morgan fingerprint density at radius 2 is 2.10 bits per heavy atom. The second kappa shape index (κ2) is 5.09. The van der Waals surface area contributed by atoms with Crippen LogP contribution >= 0.6 is 11.8 Å². The largest absolute Gasteiger partial charge is 0.455 e. The number of β-lactam (4-membered cyclic amide) rings is 1. The second-order valence-corrected chi connectivity index (χ2v) is 6.80. The van der Waals surface area contributed by atoms with Gasteiger partial charge in [0.2, 0.25) is 0 Å². The lowest BCUT2D eigenvalue weighted by Crippen LogP contribution is -2.56. The van der Waals surface area contributed by atoms with Crippen molar-refractivity contribution >= 4 is 29.9 Å². The number of nitrogens with zero attached hydrogens (tertiary/aromatic N) is 1. The summed E-state index contributed by atoms with van der Waals surface area (Å²) in [4.78, 5) is 36.3. The Bertz CT molecular complexity index is 542. The van der Waals surface area contributed by atoms with Gasteiger partial charge in [0, 0.05) is 5.75 Å². The molecule has 0 saturated carbocycles. The summed E-state index contributed by atoms with van der Waals surface area (Å²) in [7, 11) is 0. The molecule has 2 rings (SSSR count). The molecule has 1 atom stereocenters. The lowest BCUT2D eigenvalue weighted by molar-refractivity contribution is -0.155. The average molecular weight is 295 g/mol. The molecule has 0 N–H and O–H groups in total. The van der Waals surface area contributed by atoms with Gasteiger partial charge in [-0.05, 0) is 39.3 Å². The van der Waals surface area contributed by atoms with E-state index in [0.717, 1.165) is 5.57 Å². The summed E-state index contributed by atoms with van der Waals surface area (Å²) in [5.74, 6) is -0.146. The number of thioether (sulfide) groups is 1. The maximum atomic E-state index is 12.3. The van der Waals surface area contributed by atoms with E-state index in [4.69, 9.17) is 4.74 Å². The Balaban J connectivity index is 2.29. The molecule has 2 aliphatic heterocycles. The number of carbonyl (C=O) groups is 3. The molecule has 0 radical (unpaired) electrons. The smallest absolute Gasteiger partial charge is 0.355 e. The number of aldehydes is 1. The maximum absolute atomic E-state index is 12.3. The van der Waals surface area contributed by atoms with Gasteiger partial charge in [-0.25, -0.2) is 4.79 Å². The molecule has 2 aliphatic rings. The highest BCUT2D eigenvalue weighted by molar-refractivity contribution is 8.00. The molecule has 0 aliphatic carbocycles. The van der Waals surface area contributed by atoms with Gasteiger partial charge in [-0.15, -0.1) is 11.8 Å². The van der Waals surface area contributed by atoms with E-state index >= 15 is 0 Å². The van der Waals surface area contributed by atoms with Gasteiger partial charge < -0.3 is 4.74 Å². The van der Waals surface area contributed by atoms with Crippen LogP contribution in [0.25, 0.3) is 0 Å². The normalized spacial score (nSPS) is 24.4. The Hall–Kier alpha value is -1.56. The molecular weight excluding hydrogens is 278 g/mol. The van der Waals surface area contributed by atoms with Gasteiger partial charge in [-0.2, -0.15) is 0 Å². The van der Waals surface area contributed by atoms with E-state index in [1.165, 1.54) is 22.7 Å². The predicted molar refractivity (Wildman–Crippen MR) is 75.8 cm³/mol. The van der Waals surface area contributed by atoms with Gasteiger partial charge in [0.25, 0.3) is 5.91 Å². The molecule has 1 amide bonds. The van der Waals surface area contributed by atoms with E-state index in [1.807, 2.05) is 6.92 Å². The minimum atomic E-state index is -0.611. The molecule has 0 unspecified atom stereocenters. The summed E-state index contributed by atoms with van der Waals surface area (Å²) >= 11 is 1.52. The highest BCUT2D eigenvalue weighted by Gasteiger charge is 2.49. The van der Waals surface area contributed by atoms with Crippen molar-refractivity contribution in [3.63, 3.8) is 0 Å². The number of ether oxygens (including phenoxy) is 1. The lowest BCUT2D eigenvalue weighted by atomic mass is 10.0. The first-order chi connectivity index (χ1) is 9.26. The monoisotopic (exact) mass is 295 g/mol. The summed E-state index contributed by atoms with van der Waals surface area (Å²) in [5.41, 5.74) is 0.967. The maximum Gasteiger partial charge on any atom is 0.355 e. The molecule has 0 spiro atoms. The summed E-state index contributed by atoms with van der Waals surface area (Å²) < 4.78 is 5.35. The van der Waals surface area contributed by atoms with Gasteiger partial charge in [0.15, 0.2) is 0 Å². The fourth-order valence-electron chi connectivity index (χ4n) is 2.11. The summed E-state index contributed by atoms with van der Waals surface area (Å²) in [6, 6.07) is 0. The molecule has 1 fully saturated rings. The molecule has 6 heteroatoms. The van der Waals surface area contributed by atoms with Gasteiger partial charge in [0.1, 0.15) is 23.0 Å². The Kier molecular flexibility index (Phi) is 3.77. The second-order valence-electron chi connectivity index (χ2n) is 5.73.